The third-order valence-corrected chi connectivity index (χ3v) is 3.57. The second kappa shape index (κ2) is 6.87. The van der Waals surface area contributed by atoms with Crippen LogP contribution in [0.1, 0.15) is 31.0 Å². The van der Waals surface area contributed by atoms with E-state index in [1.807, 2.05) is 31.5 Å². The van der Waals surface area contributed by atoms with Crippen LogP contribution in [-0.4, -0.2) is 33.5 Å². The van der Waals surface area contributed by atoms with Crippen LogP contribution in [0.2, 0.25) is 0 Å². The molecule has 0 aliphatic rings. The Morgan fingerprint density at radius 1 is 1.52 bits per heavy atom. The van der Waals surface area contributed by atoms with Crippen LogP contribution < -0.4 is 10.6 Å². The Morgan fingerprint density at radius 3 is 2.83 bits per heavy atom. The number of hydrogen-bond donors (Lipinski definition) is 3. The summed E-state index contributed by atoms with van der Waals surface area (Å²) in [6, 6.07) is 4.92. The number of nitrogens with one attached hydrogen (secondary N) is 2. The molecule has 3 N–H and O–H groups in total. The third kappa shape index (κ3) is 4.59. The second-order valence-corrected chi connectivity index (χ2v) is 6.09. The molecule has 7 heteroatoms. The molecule has 2 rings (SSSR count). The third-order valence-electron chi connectivity index (χ3n) is 3.57. The van der Waals surface area contributed by atoms with Crippen molar-refractivity contribution in [3.8, 4) is 0 Å². The fraction of sp³-hybridized carbons (Fsp3) is 0.500. The first-order valence-electron chi connectivity index (χ1n) is 7.60. The van der Waals surface area contributed by atoms with Gasteiger partial charge in [0.2, 0.25) is 0 Å². The molecule has 126 valence electrons. The maximum Gasteiger partial charge on any atom is 0.315 e. The molecule has 2 heterocycles. The smallest absolute Gasteiger partial charge is 0.315 e. The van der Waals surface area contributed by atoms with E-state index in [4.69, 9.17) is 4.42 Å². The standard InChI is InChI=1S/C16H24N4O3/c1-11-8-13(3)20(19-11)9-12(2)18-15(21)17-10-16(4,22)14-6-5-7-23-14/h5-8,12,22H,9-10H2,1-4H3,(H2,17,18,21)/t12-,16-/m1/s1. The largest absolute Gasteiger partial charge is 0.466 e. The summed E-state index contributed by atoms with van der Waals surface area (Å²) in [6.45, 7) is 8.05. The molecule has 0 aromatic carbocycles. The minimum Gasteiger partial charge on any atom is -0.466 e. The molecule has 0 aliphatic carbocycles. The minimum atomic E-state index is -1.25. The van der Waals surface area contributed by atoms with Gasteiger partial charge < -0.3 is 20.2 Å². The van der Waals surface area contributed by atoms with Crippen LogP contribution in [0.4, 0.5) is 4.79 Å². The first-order valence-corrected chi connectivity index (χ1v) is 7.60. The molecule has 0 saturated carbocycles. The molecule has 0 spiro atoms. The molecule has 0 unspecified atom stereocenters. The summed E-state index contributed by atoms with van der Waals surface area (Å²) in [4.78, 5) is 12.0. The molecule has 2 amide bonds. The van der Waals surface area contributed by atoms with E-state index in [-0.39, 0.29) is 18.6 Å². The summed E-state index contributed by atoms with van der Waals surface area (Å²) in [5.74, 6) is 0.411. The highest BCUT2D eigenvalue weighted by Gasteiger charge is 2.26. The van der Waals surface area contributed by atoms with Gasteiger partial charge in [0.15, 0.2) is 0 Å². The maximum atomic E-state index is 12.0. The molecular formula is C16H24N4O3. The number of furan rings is 1. The molecular weight excluding hydrogens is 296 g/mol. The molecule has 2 aromatic heterocycles. The van der Waals surface area contributed by atoms with E-state index >= 15 is 0 Å². The highest BCUT2D eigenvalue weighted by molar-refractivity contribution is 5.74. The number of rotatable bonds is 6. The van der Waals surface area contributed by atoms with E-state index in [0.717, 1.165) is 11.4 Å². The van der Waals surface area contributed by atoms with Crippen molar-refractivity contribution in [1.82, 2.24) is 20.4 Å². The quantitative estimate of drug-likeness (QED) is 0.755. The Bertz CT molecular complexity index is 646. The van der Waals surface area contributed by atoms with Gasteiger partial charge in [0, 0.05) is 11.7 Å². The Balaban J connectivity index is 1.81. The number of hydrogen-bond acceptors (Lipinski definition) is 4. The molecule has 23 heavy (non-hydrogen) atoms. The zero-order valence-electron chi connectivity index (χ0n) is 14.0. The van der Waals surface area contributed by atoms with E-state index in [2.05, 4.69) is 15.7 Å². The summed E-state index contributed by atoms with van der Waals surface area (Å²) in [6.07, 6.45) is 1.49. The van der Waals surface area contributed by atoms with Crippen molar-refractivity contribution in [2.45, 2.75) is 45.9 Å². The molecule has 0 radical (unpaired) electrons. The van der Waals surface area contributed by atoms with Gasteiger partial charge in [0.05, 0.1) is 25.0 Å². The lowest BCUT2D eigenvalue weighted by atomic mass is 10.0. The van der Waals surface area contributed by atoms with Crippen LogP contribution in [0, 0.1) is 13.8 Å². The lowest BCUT2D eigenvalue weighted by Gasteiger charge is -2.22. The predicted octanol–water partition coefficient (Wildman–Crippen LogP) is 1.69. The van der Waals surface area contributed by atoms with Gasteiger partial charge in [-0.3, -0.25) is 4.68 Å². The number of carbonyl (C=O) groups excluding carboxylic acids is 1. The fourth-order valence-corrected chi connectivity index (χ4v) is 2.36. The van der Waals surface area contributed by atoms with Gasteiger partial charge in [0.25, 0.3) is 0 Å². The average Bonchev–Trinajstić information content (AvgIpc) is 3.08. The number of aromatic nitrogens is 2. The lowest BCUT2D eigenvalue weighted by Crippen LogP contribution is -2.47. The number of amides is 2. The highest BCUT2D eigenvalue weighted by atomic mass is 16.4. The van der Waals surface area contributed by atoms with Crippen molar-refractivity contribution in [2.24, 2.45) is 0 Å². The van der Waals surface area contributed by atoms with Gasteiger partial charge in [-0.25, -0.2) is 4.79 Å². The van der Waals surface area contributed by atoms with E-state index < -0.39 is 5.60 Å². The van der Waals surface area contributed by atoms with Crippen LogP contribution in [0.25, 0.3) is 0 Å². The van der Waals surface area contributed by atoms with Crippen molar-refractivity contribution in [2.75, 3.05) is 6.54 Å². The fourth-order valence-electron chi connectivity index (χ4n) is 2.36. The predicted molar refractivity (Wildman–Crippen MR) is 86.0 cm³/mol. The van der Waals surface area contributed by atoms with Crippen molar-refractivity contribution >= 4 is 6.03 Å². The number of carbonyl (C=O) groups is 1. The Morgan fingerprint density at radius 2 is 2.26 bits per heavy atom. The van der Waals surface area contributed by atoms with Crippen LogP contribution in [-0.2, 0) is 12.1 Å². The summed E-state index contributed by atoms with van der Waals surface area (Å²) < 4.78 is 7.03. The first kappa shape index (κ1) is 17.1. The van der Waals surface area contributed by atoms with E-state index in [9.17, 15) is 9.90 Å². The van der Waals surface area contributed by atoms with E-state index in [1.54, 1.807) is 19.1 Å². The maximum absolute atomic E-state index is 12.0. The van der Waals surface area contributed by atoms with Gasteiger partial charge in [-0.1, -0.05) is 0 Å². The zero-order valence-corrected chi connectivity index (χ0v) is 14.0. The molecule has 2 aromatic rings. The average molecular weight is 320 g/mol. The van der Waals surface area contributed by atoms with Gasteiger partial charge >= 0.3 is 6.03 Å². The van der Waals surface area contributed by atoms with Crippen LogP contribution in [0.3, 0.4) is 0 Å². The van der Waals surface area contributed by atoms with Crippen molar-refractivity contribution < 1.29 is 14.3 Å². The number of urea groups is 1. The normalized spacial score (nSPS) is 15.0. The number of nitrogens with zero attached hydrogens (tertiary/aromatic N) is 2. The number of aliphatic hydroxyl groups is 1. The Kier molecular flexibility index (Phi) is 5.10. The Labute approximate surface area is 135 Å². The zero-order chi connectivity index (χ0) is 17.0. The second-order valence-electron chi connectivity index (χ2n) is 6.09. The minimum absolute atomic E-state index is 0.0545. The Hall–Kier alpha value is -2.28. The molecule has 7 nitrogen and oxygen atoms in total. The van der Waals surface area contributed by atoms with Gasteiger partial charge in [-0.05, 0) is 45.9 Å². The van der Waals surface area contributed by atoms with E-state index in [1.165, 1.54) is 6.26 Å². The molecule has 0 fully saturated rings. The summed E-state index contributed by atoms with van der Waals surface area (Å²) in [7, 11) is 0. The molecule has 0 saturated heterocycles. The monoisotopic (exact) mass is 320 g/mol. The van der Waals surface area contributed by atoms with Crippen LogP contribution in [0.5, 0.6) is 0 Å². The van der Waals surface area contributed by atoms with Gasteiger partial charge in [0.1, 0.15) is 11.4 Å². The molecule has 0 bridgehead atoms. The molecule has 2 atom stereocenters. The topological polar surface area (TPSA) is 92.3 Å². The highest BCUT2D eigenvalue weighted by Crippen LogP contribution is 2.19. The van der Waals surface area contributed by atoms with Crippen LogP contribution >= 0.6 is 0 Å². The van der Waals surface area contributed by atoms with Gasteiger partial charge in [-0.2, -0.15) is 5.10 Å². The SMILES string of the molecule is Cc1cc(C)n(C[C@@H](C)NC(=O)NC[C@@](C)(O)c2ccco2)n1. The van der Waals surface area contributed by atoms with Crippen molar-refractivity contribution in [3.05, 3.63) is 41.6 Å². The molecule has 0 aliphatic heterocycles. The summed E-state index contributed by atoms with van der Waals surface area (Å²) in [5.41, 5.74) is 0.755. The van der Waals surface area contributed by atoms with E-state index in [0.29, 0.717) is 12.3 Å². The van der Waals surface area contributed by atoms with Crippen molar-refractivity contribution in [1.29, 1.82) is 0 Å². The lowest BCUT2D eigenvalue weighted by molar-refractivity contribution is 0.0366. The van der Waals surface area contributed by atoms with Crippen LogP contribution in [0.15, 0.2) is 28.9 Å². The summed E-state index contributed by atoms with van der Waals surface area (Å²) >= 11 is 0. The first-order chi connectivity index (χ1) is 10.8. The number of aryl methyl sites for hydroxylation is 2. The van der Waals surface area contributed by atoms with Crippen molar-refractivity contribution in [3.63, 3.8) is 0 Å². The summed E-state index contributed by atoms with van der Waals surface area (Å²) in [5, 5.41) is 20.1. The van der Waals surface area contributed by atoms with Gasteiger partial charge in [-0.15, -0.1) is 0 Å².